The van der Waals surface area contributed by atoms with E-state index in [4.69, 9.17) is 0 Å². The van der Waals surface area contributed by atoms with E-state index in [1.165, 1.54) is 6.92 Å². The first-order chi connectivity index (χ1) is 6.79. The first-order valence-corrected chi connectivity index (χ1v) is 4.82. The molecule has 0 aliphatic carbocycles. The van der Waals surface area contributed by atoms with E-state index in [-0.39, 0.29) is 5.91 Å². The molecule has 0 bridgehead atoms. The third-order valence-corrected chi connectivity index (χ3v) is 1.83. The van der Waals surface area contributed by atoms with Gasteiger partial charge in [0, 0.05) is 25.7 Å². The van der Waals surface area contributed by atoms with Gasteiger partial charge in [-0.15, -0.1) is 0 Å². The van der Waals surface area contributed by atoms with Gasteiger partial charge in [0.1, 0.15) is 0 Å². The summed E-state index contributed by atoms with van der Waals surface area (Å²) in [6, 6.07) is 10.0. The van der Waals surface area contributed by atoms with Crippen LogP contribution in [-0.4, -0.2) is 19.0 Å². The maximum Gasteiger partial charge on any atom is 0.216 e. The first kappa shape index (κ1) is 10.6. The van der Waals surface area contributed by atoms with Crippen molar-refractivity contribution >= 4 is 11.6 Å². The lowest BCUT2D eigenvalue weighted by molar-refractivity contribution is -0.118. The third kappa shape index (κ3) is 4.50. The summed E-state index contributed by atoms with van der Waals surface area (Å²) in [5.41, 5.74) is 1.12. The molecule has 0 unspecified atom stereocenters. The van der Waals surface area contributed by atoms with E-state index in [1.54, 1.807) is 0 Å². The molecule has 0 aliphatic heterocycles. The van der Waals surface area contributed by atoms with Crippen LogP contribution in [0.25, 0.3) is 0 Å². The van der Waals surface area contributed by atoms with Crippen molar-refractivity contribution in [1.29, 1.82) is 0 Å². The Hall–Kier alpha value is -1.51. The van der Waals surface area contributed by atoms with Gasteiger partial charge in [-0.3, -0.25) is 4.79 Å². The van der Waals surface area contributed by atoms with Crippen molar-refractivity contribution in [3.63, 3.8) is 0 Å². The highest BCUT2D eigenvalue weighted by Gasteiger charge is 1.91. The number of carbonyl (C=O) groups excluding carboxylic acids is 1. The van der Waals surface area contributed by atoms with Crippen molar-refractivity contribution in [2.24, 2.45) is 0 Å². The maximum atomic E-state index is 10.5. The molecule has 1 amide bonds. The number of amides is 1. The van der Waals surface area contributed by atoms with Crippen molar-refractivity contribution < 1.29 is 4.79 Å². The van der Waals surface area contributed by atoms with Crippen molar-refractivity contribution in [2.75, 3.05) is 18.4 Å². The Bertz CT molecular complexity index is 272. The summed E-state index contributed by atoms with van der Waals surface area (Å²) in [5.74, 6) is 0.0321. The Balaban J connectivity index is 2.08. The van der Waals surface area contributed by atoms with Crippen LogP contribution < -0.4 is 10.6 Å². The number of nitrogens with one attached hydrogen (secondary N) is 2. The summed E-state index contributed by atoms with van der Waals surface area (Å²) in [7, 11) is 0. The standard InChI is InChI=1S/C11H16N2O/c1-10(14)12-8-5-9-13-11-6-3-2-4-7-11/h2-4,6-7,13H,5,8-9H2,1H3,(H,12,14). The highest BCUT2D eigenvalue weighted by atomic mass is 16.1. The molecule has 0 radical (unpaired) electrons. The zero-order chi connectivity index (χ0) is 10.2. The van der Waals surface area contributed by atoms with Crippen LogP contribution in [0.4, 0.5) is 5.69 Å². The Morgan fingerprint density at radius 2 is 1.93 bits per heavy atom. The van der Waals surface area contributed by atoms with E-state index < -0.39 is 0 Å². The molecule has 0 heterocycles. The molecule has 0 saturated carbocycles. The lowest BCUT2D eigenvalue weighted by atomic mass is 10.3. The van der Waals surface area contributed by atoms with Gasteiger partial charge in [0.05, 0.1) is 0 Å². The monoisotopic (exact) mass is 192 g/mol. The van der Waals surface area contributed by atoms with E-state index >= 15 is 0 Å². The Labute approximate surface area is 84.5 Å². The number of carbonyl (C=O) groups is 1. The van der Waals surface area contributed by atoms with Gasteiger partial charge in [0.15, 0.2) is 0 Å². The predicted octanol–water partition coefficient (Wildman–Crippen LogP) is 1.62. The van der Waals surface area contributed by atoms with Crippen LogP contribution in [0.1, 0.15) is 13.3 Å². The Kier molecular flexibility index (Phi) is 4.55. The van der Waals surface area contributed by atoms with E-state index in [1.807, 2.05) is 30.3 Å². The molecular weight excluding hydrogens is 176 g/mol. The fourth-order valence-electron chi connectivity index (χ4n) is 1.14. The van der Waals surface area contributed by atoms with Crippen molar-refractivity contribution in [3.8, 4) is 0 Å². The molecule has 0 saturated heterocycles. The number of para-hydroxylation sites is 1. The van der Waals surface area contributed by atoms with Crippen LogP contribution in [0, 0.1) is 0 Å². The van der Waals surface area contributed by atoms with E-state index in [0.717, 1.165) is 25.2 Å². The van der Waals surface area contributed by atoms with Gasteiger partial charge in [0.2, 0.25) is 5.91 Å². The van der Waals surface area contributed by atoms with Crippen LogP contribution >= 0.6 is 0 Å². The SMILES string of the molecule is CC(=O)NCCCNc1ccccc1. The molecule has 0 aromatic heterocycles. The van der Waals surface area contributed by atoms with Gasteiger partial charge >= 0.3 is 0 Å². The molecular formula is C11H16N2O. The molecule has 1 aromatic carbocycles. The lowest BCUT2D eigenvalue weighted by Gasteiger charge is -2.05. The minimum absolute atomic E-state index is 0.0321. The molecule has 1 aromatic rings. The molecule has 1 rings (SSSR count). The van der Waals surface area contributed by atoms with E-state index in [0.29, 0.717) is 0 Å². The second-order valence-electron chi connectivity index (χ2n) is 3.13. The van der Waals surface area contributed by atoms with Crippen LogP contribution in [0.15, 0.2) is 30.3 Å². The first-order valence-electron chi connectivity index (χ1n) is 4.82. The van der Waals surface area contributed by atoms with Gasteiger partial charge in [-0.2, -0.15) is 0 Å². The van der Waals surface area contributed by atoms with Crippen LogP contribution in [0.5, 0.6) is 0 Å². The molecule has 14 heavy (non-hydrogen) atoms. The number of hydrogen-bond donors (Lipinski definition) is 2. The average molecular weight is 192 g/mol. The number of rotatable bonds is 5. The second kappa shape index (κ2) is 6.02. The molecule has 0 atom stereocenters. The maximum absolute atomic E-state index is 10.5. The number of anilines is 1. The molecule has 3 heteroatoms. The predicted molar refractivity (Wildman–Crippen MR) is 58.2 cm³/mol. The van der Waals surface area contributed by atoms with Crippen LogP contribution in [-0.2, 0) is 4.79 Å². The minimum Gasteiger partial charge on any atom is -0.385 e. The van der Waals surface area contributed by atoms with Crippen molar-refractivity contribution in [1.82, 2.24) is 5.32 Å². The van der Waals surface area contributed by atoms with E-state index in [2.05, 4.69) is 10.6 Å². The molecule has 0 fully saturated rings. The third-order valence-electron chi connectivity index (χ3n) is 1.83. The zero-order valence-corrected chi connectivity index (χ0v) is 8.42. The molecule has 2 N–H and O–H groups in total. The Morgan fingerprint density at radius 3 is 2.57 bits per heavy atom. The largest absolute Gasteiger partial charge is 0.385 e. The summed E-state index contributed by atoms with van der Waals surface area (Å²) in [6.07, 6.45) is 0.939. The topological polar surface area (TPSA) is 41.1 Å². The van der Waals surface area contributed by atoms with Crippen LogP contribution in [0.2, 0.25) is 0 Å². The highest BCUT2D eigenvalue weighted by Crippen LogP contribution is 2.03. The Morgan fingerprint density at radius 1 is 1.21 bits per heavy atom. The lowest BCUT2D eigenvalue weighted by Crippen LogP contribution is -2.22. The molecule has 76 valence electrons. The minimum atomic E-state index is 0.0321. The quantitative estimate of drug-likeness (QED) is 0.696. The molecule has 3 nitrogen and oxygen atoms in total. The van der Waals surface area contributed by atoms with Crippen LogP contribution in [0.3, 0.4) is 0 Å². The average Bonchev–Trinajstić information content (AvgIpc) is 2.18. The van der Waals surface area contributed by atoms with E-state index in [9.17, 15) is 4.79 Å². The van der Waals surface area contributed by atoms with Gasteiger partial charge in [-0.25, -0.2) is 0 Å². The molecule has 0 aliphatic rings. The fraction of sp³-hybridized carbons (Fsp3) is 0.364. The summed E-state index contributed by atoms with van der Waals surface area (Å²) >= 11 is 0. The van der Waals surface area contributed by atoms with Gasteiger partial charge in [-0.05, 0) is 18.6 Å². The van der Waals surface area contributed by atoms with Gasteiger partial charge in [-0.1, -0.05) is 18.2 Å². The normalized spacial score (nSPS) is 9.50. The number of benzene rings is 1. The van der Waals surface area contributed by atoms with Crippen molar-refractivity contribution in [2.45, 2.75) is 13.3 Å². The summed E-state index contributed by atoms with van der Waals surface area (Å²) in [4.78, 5) is 10.5. The fourth-order valence-corrected chi connectivity index (χ4v) is 1.14. The summed E-state index contributed by atoms with van der Waals surface area (Å²) < 4.78 is 0. The van der Waals surface area contributed by atoms with Gasteiger partial charge in [0.25, 0.3) is 0 Å². The van der Waals surface area contributed by atoms with Gasteiger partial charge < -0.3 is 10.6 Å². The number of hydrogen-bond acceptors (Lipinski definition) is 2. The van der Waals surface area contributed by atoms with Crippen molar-refractivity contribution in [3.05, 3.63) is 30.3 Å². The zero-order valence-electron chi connectivity index (χ0n) is 8.42. The molecule has 0 spiro atoms. The highest BCUT2D eigenvalue weighted by molar-refractivity contribution is 5.72. The summed E-state index contributed by atoms with van der Waals surface area (Å²) in [6.45, 7) is 3.14. The summed E-state index contributed by atoms with van der Waals surface area (Å²) in [5, 5.41) is 6.02. The smallest absolute Gasteiger partial charge is 0.216 e. The second-order valence-corrected chi connectivity index (χ2v) is 3.13.